The maximum absolute atomic E-state index is 14.1. The third-order valence-electron chi connectivity index (χ3n) is 4.54. The molecule has 0 aliphatic heterocycles. The standard InChI is InChI=1S/C22H24F3N3OS2.ClH/c1-27(2)10-4-11-28(22-26-21-18(25)13-16(24)14-19(21)31-22)20(29)5-3-12-30-17-8-6-15(23)7-9-17;/h6-9,13-14H,3-5,10-12H2,1-2H3;1H. The molecule has 0 atom stereocenters. The fourth-order valence-electron chi connectivity index (χ4n) is 3.01. The largest absolute Gasteiger partial charge is 0.309 e. The van der Waals surface area contributed by atoms with Crippen molar-refractivity contribution >= 4 is 56.8 Å². The molecule has 32 heavy (non-hydrogen) atoms. The molecule has 0 spiro atoms. The van der Waals surface area contributed by atoms with Gasteiger partial charge in [-0.25, -0.2) is 18.2 Å². The van der Waals surface area contributed by atoms with E-state index in [0.717, 1.165) is 35.3 Å². The summed E-state index contributed by atoms with van der Waals surface area (Å²) in [6, 6.07) is 8.29. The molecule has 0 saturated carbocycles. The molecule has 0 bridgehead atoms. The number of halogens is 4. The van der Waals surface area contributed by atoms with E-state index >= 15 is 0 Å². The van der Waals surface area contributed by atoms with Gasteiger partial charge >= 0.3 is 0 Å². The molecule has 0 radical (unpaired) electrons. The van der Waals surface area contributed by atoms with Gasteiger partial charge in [0.15, 0.2) is 10.9 Å². The first-order valence-corrected chi connectivity index (χ1v) is 11.7. The summed E-state index contributed by atoms with van der Waals surface area (Å²) in [4.78, 5) is 21.8. The lowest BCUT2D eigenvalue weighted by Gasteiger charge is -2.21. The van der Waals surface area contributed by atoms with E-state index in [9.17, 15) is 18.0 Å². The van der Waals surface area contributed by atoms with Crippen molar-refractivity contribution in [2.75, 3.05) is 37.8 Å². The first-order valence-electron chi connectivity index (χ1n) is 9.92. The molecule has 1 amide bonds. The minimum Gasteiger partial charge on any atom is -0.309 e. The van der Waals surface area contributed by atoms with Gasteiger partial charge < -0.3 is 4.90 Å². The SMILES string of the molecule is CN(C)CCCN(C(=O)CCCSc1ccc(F)cc1)c1nc2c(F)cc(F)cc2s1.Cl. The summed E-state index contributed by atoms with van der Waals surface area (Å²) in [5.74, 6) is -1.06. The van der Waals surface area contributed by atoms with Crippen molar-refractivity contribution in [2.45, 2.75) is 24.2 Å². The molecule has 0 fully saturated rings. The van der Waals surface area contributed by atoms with E-state index in [1.54, 1.807) is 28.8 Å². The number of anilines is 1. The molecule has 0 aliphatic carbocycles. The first-order chi connectivity index (χ1) is 14.8. The zero-order chi connectivity index (χ0) is 22.4. The number of thiazole rings is 1. The Labute approximate surface area is 200 Å². The van der Waals surface area contributed by atoms with Crippen LogP contribution in [0.4, 0.5) is 18.3 Å². The molecule has 4 nitrogen and oxygen atoms in total. The summed E-state index contributed by atoms with van der Waals surface area (Å²) < 4.78 is 41.0. The van der Waals surface area contributed by atoms with Crippen molar-refractivity contribution in [1.29, 1.82) is 0 Å². The zero-order valence-corrected chi connectivity index (χ0v) is 20.3. The van der Waals surface area contributed by atoms with Crippen LogP contribution in [0.15, 0.2) is 41.3 Å². The molecule has 0 unspecified atom stereocenters. The number of benzene rings is 2. The highest BCUT2D eigenvalue weighted by Crippen LogP contribution is 2.32. The van der Waals surface area contributed by atoms with Gasteiger partial charge in [-0.3, -0.25) is 9.69 Å². The number of thioether (sulfide) groups is 1. The zero-order valence-electron chi connectivity index (χ0n) is 17.8. The van der Waals surface area contributed by atoms with Gasteiger partial charge in [0, 0.05) is 23.9 Å². The van der Waals surface area contributed by atoms with Gasteiger partial charge in [-0.15, -0.1) is 24.2 Å². The third kappa shape index (κ3) is 7.37. The lowest BCUT2D eigenvalue weighted by atomic mass is 10.3. The Morgan fingerprint density at radius 1 is 1.03 bits per heavy atom. The number of rotatable bonds is 10. The molecule has 10 heteroatoms. The summed E-state index contributed by atoms with van der Waals surface area (Å²) in [6.07, 6.45) is 1.68. The molecular weight excluding hydrogens is 479 g/mol. The van der Waals surface area contributed by atoms with Gasteiger partial charge in [0.2, 0.25) is 5.91 Å². The Hall–Kier alpha value is -1.81. The van der Waals surface area contributed by atoms with E-state index in [1.807, 2.05) is 19.0 Å². The lowest BCUT2D eigenvalue weighted by molar-refractivity contribution is -0.118. The summed E-state index contributed by atoms with van der Waals surface area (Å²) in [5, 5.41) is 0.384. The number of nitrogens with zero attached hydrogens (tertiary/aromatic N) is 3. The number of fused-ring (bicyclic) bond motifs is 1. The topological polar surface area (TPSA) is 36.4 Å². The normalized spacial score (nSPS) is 11.1. The van der Waals surface area contributed by atoms with E-state index in [-0.39, 0.29) is 29.6 Å². The summed E-state index contributed by atoms with van der Waals surface area (Å²) in [5.41, 5.74) is 0.0821. The molecule has 0 N–H and O–H groups in total. The molecule has 0 saturated heterocycles. The van der Waals surface area contributed by atoms with Crippen molar-refractivity contribution in [3.05, 3.63) is 53.8 Å². The Morgan fingerprint density at radius 3 is 2.44 bits per heavy atom. The summed E-state index contributed by atoms with van der Waals surface area (Å²) >= 11 is 2.68. The van der Waals surface area contributed by atoms with Crippen LogP contribution in [0.5, 0.6) is 0 Å². The third-order valence-corrected chi connectivity index (χ3v) is 6.66. The van der Waals surface area contributed by atoms with Crippen LogP contribution in [-0.2, 0) is 4.79 Å². The van der Waals surface area contributed by atoms with E-state index < -0.39 is 11.6 Å². The van der Waals surface area contributed by atoms with E-state index in [2.05, 4.69) is 4.98 Å². The van der Waals surface area contributed by atoms with Gasteiger partial charge in [0.05, 0.1) is 4.70 Å². The summed E-state index contributed by atoms with van der Waals surface area (Å²) in [7, 11) is 3.91. The molecule has 3 aromatic rings. The monoisotopic (exact) mass is 503 g/mol. The molecule has 1 aromatic heterocycles. The van der Waals surface area contributed by atoms with Crippen molar-refractivity contribution < 1.29 is 18.0 Å². The van der Waals surface area contributed by atoms with Gasteiger partial charge in [0.1, 0.15) is 17.2 Å². The Bertz CT molecular complexity index is 1030. The van der Waals surface area contributed by atoms with Crippen LogP contribution in [0.2, 0.25) is 0 Å². The van der Waals surface area contributed by atoms with Gasteiger partial charge in [-0.2, -0.15) is 0 Å². The number of hydrogen-bond acceptors (Lipinski definition) is 5. The maximum atomic E-state index is 14.1. The quantitative estimate of drug-likeness (QED) is 0.251. The second-order valence-corrected chi connectivity index (χ2v) is 9.52. The second-order valence-electron chi connectivity index (χ2n) is 7.34. The van der Waals surface area contributed by atoms with Crippen LogP contribution < -0.4 is 4.90 Å². The van der Waals surface area contributed by atoms with E-state index in [1.165, 1.54) is 18.2 Å². The lowest BCUT2D eigenvalue weighted by Crippen LogP contribution is -2.33. The van der Waals surface area contributed by atoms with Gasteiger partial charge in [0.25, 0.3) is 0 Å². The maximum Gasteiger partial charge on any atom is 0.228 e. The van der Waals surface area contributed by atoms with Crippen LogP contribution in [-0.4, -0.2) is 48.7 Å². The van der Waals surface area contributed by atoms with Crippen LogP contribution in [0.3, 0.4) is 0 Å². The van der Waals surface area contributed by atoms with Crippen molar-refractivity contribution in [2.24, 2.45) is 0 Å². The number of amides is 1. The Balaban J connectivity index is 0.00000363. The smallest absolute Gasteiger partial charge is 0.228 e. The van der Waals surface area contributed by atoms with Crippen LogP contribution in [0, 0.1) is 17.5 Å². The average molecular weight is 504 g/mol. The predicted molar refractivity (Wildman–Crippen MR) is 129 cm³/mol. The van der Waals surface area contributed by atoms with E-state index in [0.29, 0.717) is 35.0 Å². The van der Waals surface area contributed by atoms with Crippen molar-refractivity contribution in [1.82, 2.24) is 9.88 Å². The van der Waals surface area contributed by atoms with Crippen molar-refractivity contribution in [3.63, 3.8) is 0 Å². The second kappa shape index (κ2) is 12.4. The molecular formula is C22H25ClF3N3OS2. The number of aromatic nitrogens is 1. The molecule has 3 rings (SSSR count). The number of carbonyl (C=O) groups is 1. The highest BCUT2D eigenvalue weighted by Gasteiger charge is 2.21. The number of hydrogen-bond donors (Lipinski definition) is 0. The van der Waals surface area contributed by atoms with E-state index in [4.69, 9.17) is 0 Å². The highest BCUT2D eigenvalue weighted by atomic mass is 35.5. The molecule has 1 heterocycles. The van der Waals surface area contributed by atoms with Crippen LogP contribution in [0.25, 0.3) is 10.2 Å². The summed E-state index contributed by atoms with van der Waals surface area (Å²) in [6.45, 7) is 1.24. The van der Waals surface area contributed by atoms with Gasteiger partial charge in [-0.05, 0) is 69.6 Å². The molecule has 0 aliphatic rings. The minimum atomic E-state index is -0.728. The molecule has 174 valence electrons. The Morgan fingerprint density at radius 2 is 1.75 bits per heavy atom. The highest BCUT2D eigenvalue weighted by molar-refractivity contribution is 7.99. The fraction of sp³-hybridized carbons (Fsp3) is 0.364. The fourth-order valence-corrected chi connectivity index (χ4v) is 4.91. The average Bonchev–Trinajstić information content (AvgIpc) is 3.13. The van der Waals surface area contributed by atoms with Crippen LogP contribution >= 0.6 is 35.5 Å². The first kappa shape index (κ1) is 26.4. The van der Waals surface area contributed by atoms with Crippen LogP contribution in [0.1, 0.15) is 19.3 Å². The van der Waals surface area contributed by atoms with Crippen molar-refractivity contribution in [3.8, 4) is 0 Å². The predicted octanol–water partition coefficient (Wildman–Crippen LogP) is 5.99. The van der Waals surface area contributed by atoms with Gasteiger partial charge in [-0.1, -0.05) is 11.3 Å². The molecule has 2 aromatic carbocycles. The minimum absolute atomic E-state index is 0. The Kier molecular flexibility index (Phi) is 10.3. The number of carbonyl (C=O) groups excluding carboxylic acids is 1.